The zero-order chi connectivity index (χ0) is 23.8. The van der Waals surface area contributed by atoms with Gasteiger partial charge in [0.1, 0.15) is 23.6 Å². The molecule has 10 nitrogen and oxygen atoms in total. The summed E-state index contributed by atoms with van der Waals surface area (Å²) >= 11 is 1.11. The van der Waals surface area contributed by atoms with Crippen LogP contribution in [0.5, 0.6) is 5.75 Å². The number of oxime groups is 1. The van der Waals surface area contributed by atoms with Crippen LogP contribution in [0.4, 0.5) is 5.13 Å². The van der Waals surface area contributed by atoms with Gasteiger partial charge in [0.2, 0.25) is 0 Å². The van der Waals surface area contributed by atoms with Crippen molar-refractivity contribution in [1.29, 1.82) is 0 Å². The fraction of sp³-hybridized carbons (Fsp3) is 0.429. The van der Waals surface area contributed by atoms with Gasteiger partial charge in [-0.25, -0.2) is 9.78 Å². The Labute approximate surface area is 195 Å². The number of carbonyl (C=O) groups excluding carboxylic acids is 1. The average molecular weight is 473 g/mol. The Morgan fingerprint density at radius 2 is 2.09 bits per heavy atom. The Morgan fingerprint density at radius 1 is 1.36 bits per heavy atom. The lowest BCUT2D eigenvalue weighted by atomic mass is 9.64. The Bertz CT molecular complexity index is 1110. The van der Waals surface area contributed by atoms with Gasteiger partial charge in [0, 0.05) is 36.0 Å². The number of likely N-dealkylation sites (tertiary alicyclic amines) is 1. The molecule has 0 spiro atoms. The molecule has 0 saturated carbocycles. The van der Waals surface area contributed by atoms with Gasteiger partial charge in [0.05, 0.1) is 20.1 Å². The standard InChI is InChI=1S/C21H25BN4O6S/c1-26(4-2-3-5-26)10-12-6-13-8-14(22(30)32-19(13)15(7-12)20(28)29)9-17(27)18(25-31)16-11-33-21(23)24-16/h6-7,11,14,30H,2-5,8-10H2,1H3,(H3-,23,24,27,28,29,31)/p+1/t14-/m1/s1. The van der Waals surface area contributed by atoms with Crippen molar-refractivity contribution in [3.05, 3.63) is 39.9 Å². The van der Waals surface area contributed by atoms with Gasteiger partial charge in [-0.05, 0) is 24.1 Å². The van der Waals surface area contributed by atoms with E-state index in [9.17, 15) is 24.9 Å². The van der Waals surface area contributed by atoms with Crippen LogP contribution in [-0.2, 0) is 17.8 Å². The summed E-state index contributed by atoms with van der Waals surface area (Å²) in [5, 5.41) is 34.4. The number of aromatic nitrogens is 1. The number of hydrogen-bond acceptors (Lipinski definition) is 9. The van der Waals surface area contributed by atoms with E-state index >= 15 is 0 Å². The van der Waals surface area contributed by atoms with Gasteiger partial charge < -0.3 is 30.2 Å². The lowest BCUT2D eigenvalue weighted by Crippen LogP contribution is -2.40. The van der Waals surface area contributed by atoms with E-state index in [1.165, 1.54) is 5.38 Å². The van der Waals surface area contributed by atoms with Crippen molar-refractivity contribution >= 4 is 41.1 Å². The molecule has 1 aromatic carbocycles. The van der Waals surface area contributed by atoms with Crippen LogP contribution in [-0.4, -0.2) is 69.5 Å². The molecule has 2 aromatic rings. The average Bonchev–Trinajstić information content (AvgIpc) is 3.37. The summed E-state index contributed by atoms with van der Waals surface area (Å²) < 4.78 is 6.44. The molecule has 1 atom stereocenters. The first-order valence-electron chi connectivity index (χ1n) is 10.7. The molecule has 1 aromatic heterocycles. The molecule has 2 aliphatic heterocycles. The maximum atomic E-state index is 12.8. The number of quaternary nitrogens is 1. The molecule has 4 rings (SSSR count). The zero-order valence-corrected chi connectivity index (χ0v) is 19.0. The maximum Gasteiger partial charge on any atom is 0.526 e. The molecule has 0 bridgehead atoms. The summed E-state index contributed by atoms with van der Waals surface area (Å²) in [6.07, 6.45) is 2.37. The van der Waals surface area contributed by atoms with Gasteiger partial charge in [-0.2, -0.15) is 0 Å². The van der Waals surface area contributed by atoms with Crippen LogP contribution in [0.1, 0.15) is 46.4 Å². The zero-order valence-electron chi connectivity index (χ0n) is 18.2. The Hall–Kier alpha value is -2.96. The van der Waals surface area contributed by atoms with Crippen molar-refractivity contribution in [2.24, 2.45) is 5.16 Å². The maximum absolute atomic E-state index is 12.8. The van der Waals surface area contributed by atoms with E-state index in [2.05, 4.69) is 17.2 Å². The SMILES string of the molecule is C[N+]1(Cc2cc3c(c(C(=O)O)c2)OB(O)[C@@H](CC(=O)/C(=N\O)c2csc(N)n2)C3)CCCC1. The van der Waals surface area contributed by atoms with Gasteiger partial charge in [0.25, 0.3) is 0 Å². The number of nitrogens with zero attached hydrogens (tertiary/aromatic N) is 3. The Balaban J connectivity index is 1.58. The fourth-order valence-electron chi connectivity index (χ4n) is 4.75. The number of hydrogen-bond donors (Lipinski definition) is 4. The van der Waals surface area contributed by atoms with Crippen molar-refractivity contribution in [3.63, 3.8) is 0 Å². The summed E-state index contributed by atoms with van der Waals surface area (Å²) in [4.78, 5) is 28.7. The van der Waals surface area contributed by atoms with Crippen molar-refractivity contribution in [2.45, 2.75) is 38.0 Å². The van der Waals surface area contributed by atoms with Gasteiger partial charge in [0.15, 0.2) is 16.6 Å². The van der Waals surface area contributed by atoms with Crippen LogP contribution in [0, 0.1) is 0 Å². The molecule has 2 aliphatic rings. The third-order valence-corrected chi connectivity index (χ3v) is 7.04. The van der Waals surface area contributed by atoms with Crippen LogP contribution in [0.25, 0.3) is 0 Å². The van der Waals surface area contributed by atoms with Crippen molar-refractivity contribution in [1.82, 2.24) is 4.98 Å². The van der Waals surface area contributed by atoms with E-state index < -0.39 is 24.7 Å². The van der Waals surface area contributed by atoms with E-state index in [1.807, 2.05) is 6.07 Å². The summed E-state index contributed by atoms with van der Waals surface area (Å²) in [5.41, 5.74) is 7.05. The topological polar surface area (TPSA) is 155 Å². The largest absolute Gasteiger partial charge is 0.535 e. The minimum atomic E-state index is -1.38. The molecular formula is C21H26BN4O6S+. The molecule has 0 radical (unpaired) electrons. The van der Waals surface area contributed by atoms with Crippen molar-refractivity contribution in [3.8, 4) is 5.75 Å². The van der Waals surface area contributed by atoms with E-state index in [1.54, 1.807) is 6.07 Å². The molecule has 0 aliphatic carbocycles. The van der Waals surface area contributed by atoms with Gasteiger partial charge in [-0.1, -0.05) is 5.16 Å². The highest BCUT2D eigenvalue weighted by Gasteiger charge is 2.39. The minimum absolute atomic E-state index is 0.00711. The first-order chi connectivity index (χ1) is 15.7. The molecular weight excluding hydrogens is 447 g/mol. The Kier molecular flexibility index (Phi) is 6.42. The highest BCUT2D eigenvalue weighted by molar-refractivity contribution is 7.13. The number of carboxylic acids is 1. The Morgan fingerprint density at radius 3 is 2.70 bits per heavy atom. The second kappa shape index (κ2) is 9.12. The predicted molar refractivity (Wildman–Crippen MR) is 123 cm³/mol. The molecule has 3 heterocycles. The predicted octanol–water partition coefficient (Wildman–Crippen LogP) is 1.79. The molecule has 1 saturated heterocycles. The molecule has 174 valence electrons. The third kappa shape index (κ3) is 4.87. The van der Waals surface area contributed by atoms with Gasteiger partial charge >= 0.3 is 13.1 Å². The number of carboxylic acid groups (broad SMARTS) is 1. The van der Waals surface area contributed by atoms with Crippen LogP contribution >= 0.6 is 11.3 Å². The third-order valence-electron chi connectivity index (χ3n) is 6.37. The first-order valence-corrected chi connectivity index (χ1v) is 11.6. The van der Waals surface area contributed by atoms with E-state index in [0.717, 1.165) is 47.3 Å². The second-order valence-electron chi connectivity index (χ2n) is 8.99. The molecule has 5 N–H and O–H groups in total. The summed E-state index contributed by atoms with van der Waals surface area (Å²) in [6, 6.07) is 3.53. The lowest BCUT2D eigenvalue weighted by Gasteiger charge is -2.31. The number of Topliss-reactive ketones (excluding diaryl/α,β-unsaturated/α-hetero) is 1. The van der Waals surface area contributed by atoms with Crippen LogP contribution < -0.4 is 10.4 Å². The van der Waals surface area contributed by atoms with Crippen molar-refractivity contribution < 1.29 is 34.1 Å². The second-order valence-corrected chi connectivity index (χ2v) is 9.88. The number of anilines is 1. The highest BCUT2D eigenvalue weighted by atomic mass is 32.1. The quantitative estimate of drug-likeness (QED) is 0.156. The number of benzene rings is 1. The van der Waals surface area contributed by atoms with Gasteiger partial charge in [-0.15, -0.1) is 11.3 Å². The number of ketones is 1. The minimum Gasteiger partial charge on any atom is -0.535 e. The normalized spacial score (nSPS) is 19.8. The fourth-order valence-corrected chi connectivity index (χ4v) is 5.30. The number of rotatable bonds is 7. The molecule has 0 unspecified atom stereocenters. The summed E-state index contributed by atoms with van der Waals surface area (Å²) in [5.74, 6) is -2.17. The molecule has 12 heteroatoms. The lowest BCUT2D eigenvalue weighted by molar-refractivity contribution is -0.910. The summed E-state index contributed by atoms with van der Waals surface area (Å²) in [7, 11) is 0.782. The number of nitrogens with two attached hydrogens (primary N) is 1. The molecule has 0 amide bonds. The van der Waals surface area contributed by atoms with E-state index in [-0.39, 0.29) is 40.7 Å². The van der Waals surface area contributed by atoms with Gasteiger partial charge in [-0.3, -0.25) is 4.79 Å². The van der Waals surface area contributed by atoms with Crippen LogP contribution in [0.2, 0.25) is 5.82 Å². The number of carbonyl (C=O) groups is 2. The highest BCUT2D eigenvalue weighted by Crippen LogP contribution is 2.38. The molecule has 1 fully saturated rings. The smallest absolute Gasteiger partial charge is 0.526 e. The van der Waals surface area contributed by atoms with Crippen LogP contribution in [0.3, 0.4) is 0 Å². The first kappa shape index (κ1) is 23.2. The van der Waals surface area contributed by atoms with Crippen molar-refractivity contribution in [2.75, 3.05) is 25.9 Å². The monoisotopic (exact) mass is 473 g/mol. The number of nitrogen functional groups attached to an aromatic ring is 1. The summed E-state index contributed by atoms with van der Waals surface area (Å²) in [6.45, 7) is 2.78. The van der Waals surface area contributed by atoms with E-state index in [4.69, 9.17) is 10.4 Å². The number of thiazole rings is 1. The van der Waals surface area contributed by atoms with Crippen LogP contribution in [0.15, 0.2) is 22.7 Å². The number of fused-ring (bicyclic) bond motifs is 1. The number of aromatic carboxylic acids is 1. The van der Waals surface area contributed by atoms with E-state index in [0.29, 0.717) is 12.1 Å². The molecule has 33 heavy (non-hydrogen) atoms.